The van der Waals surface area contributed by atoms with E-state index in [4.69, 9.17) is 9.15 Å². The summed E-state index contributed by atoms with van der Waals surface area (Å²) in [5.74, 6) is 0.295. The van der Waals surface area contributed by atoms with E-state index in [2.05, 4.69) is 6.07 Å². The van der Waals surface area contributed by atoms with Crippen LogP contribution in [0.25, 0.3) is 17.0 Å². The predicted octanol–water partition coefficient (Wildman–Crippen LogP) is 3.79. The molecule has 2 heterocycles. The van der Waals surface area contributed by atoms with Crippen molar-refractivity contribution in [2.75, 3.05) is 6.61 Å². The lowest BCUT2D eigenvalue weighted by Crippen LogP contribution is -2.04. The smallest absolute Gasteiger partial charge is 0.338 e. The Balaban J connectivity index is 1.94. The number of carbonyl (C=O) groups excluding carboxylic acids is 1. The molecule has 0 fully saturated rings. The number of hydrogen-bond donors (Lipinski definition) is 0. The number of furan rings is 1. The van der Waals surface area contributed by atoms with E-state index in [0.29, 0.717) is 23.5 Å². The first-order chi connectivity index (χ1) is 11.2. The molecule has 0 aliphatic rings. The van der Waals surface area contributed by atoms with Gasteiger partial charge in [-0.25, -0.2) is 4.79 Å². The average molecular weight is 306 g/mol. The third-order valence-electron chi connectivity index (χ3n) is 3.41. The first-order valence-corrected chi connectivity index (χ1v) is 7.16. The Morgan fingerprint density at radius 2 is 2.04 bits per heavy atom. The Bertz CT molecular complexity index is 853. The lowest BCUT2D eigenvalue weighted by Gasteiger charge is -2.05. The number of hydrogen-bond acceptors (Lipinski definition) is 4. The quantitative estimate of drug-likeness (QED) is 0.688. The van der Waals surface area contributed by atoms with Gasteiger partial charge in [-0.2, -0.15) is 5.26 Å². The highest BCUT2D eigenvalue weighted by Gasteiger charge is 2.12. The zero-order chi connectivity index (χ0) is 16.2. The monoisotopic (exact) mass is 306 g/mol. The predicted molar refractivity (Wildman–Crippen MR) is 84.1 cm³/mol. The zero-order valence-electron chi connectivity index (χ0n) is 12.5. The molecular formula is C18H14N2O3. The van der Waals surface area contributed by atoms with Crippen LogP contribution in [0.1, 0.15) is 22.8 Å². The van der Waals surface area contributed by atoms with Crippen molar-refractivity contribution in [1.29, 1.82) is 5.26 Å². The van der Waals surface area contributed by atoms with Crippen molar-refractivity contribution in [3.8, 4) is 23.1 Å². The van der Waals surface area contributed by atoms with Gasteiger partial charge in [0.2, 0.25) is 0 Å². The largest absolute Gasteiger partial charge is 0.464 e. The van der Waals surface area contributed by atoms with Gasteiger partial charge < -0.3 is 13.7 Å². The molecule has 0 bridgehead atoms. The minimum atomic E-state index is -0.347. The van der Waals surface area contributed by atoms with E-state index in [-0.39, 0.29) is 5.97 Å². The summed E-state index contributed by atoms with van der Waals surface area (Å²) in [7, 11) is 0. The van der Waals surface area contributed by atoms with Gasteiger partial charge in [0.05, 0.1) is 29.6 Å². The summed E-state index contributed by atoms with van der Waals surface area (Å²) in [4.78, 5) is 11.7. The fourth-order valence-electron chi connectivity index (χ4n) is 2.30. The van der Waals surface area contributed by atoms with Crippen LogP contribution in [-0.4, -0.2) is 17.1 Å². The molecule has 0 saturated heterocycles. The van der Waals surface area contributed by atoms with Crippen molar-refractivity contribution < 1.29 is 13.9 Å². The van der Waals surface area contributed by atoms with E-state index in [1.165, 1.54) is 0 Å². The first kappa shape index (κ1) is 14.7. The summed E-state index contributed by atoms with van der Waals surface area (Å²) in [6.45, 7) is 2.11. The van der Waals surface area contributed by atoms with Gasteiger partial charge in [-0.3, -0.25) is 0 Å². The number of benzene rings is 1. The van der Waals surface area contributed by atoms with Gasteiger partial charge >= 0.3 is 5.97 Å². The lowest BCUT2D eigenvalue weighted by atomic mass is 10.2. The highest BCUT2D eigenvalue weighted by Crippen LogP contribution is 2.26. The van der Waals surface area contributed by atoms with Crippen LogP contribution in [-0.2, 0) is 4.74 Å². The Labute approximate surface area is 133 Å². The molecule has 0 atom stereocenters. The number of rotatable bonds is 4. The second-order valence-corrected chi connectivity index (χ2v) is 4.85. The fraction of sp³-hybridized carbons (Fsp3) is 0.111. The maximum Gasteiger partial charge on any atom is 0.338 e. The molecule has 5 heteroatoms. The molecule has 2 aromatic heterocycles. The van der Waals surface area contributed by atoms with Crippen molar-refractivity contribution in [2.45, 2.75) is 6.92 Å². The zero-order valence-corrected chi connectivity index (χ0v) is 12.5. The van der Waals surface area contributed by atoms with E-state index in [1.54, 1.807) is 49.7 Å². The van der Waals surface area contributed by atoms with Gasteiger partial charge in [0.15, 0.2) is 0 Å². The van der Waals surface area contributed by atoms with Gasteiger partial charge in [0, 0.05) is 18.1 Å². The van der Waals surface area contributed by atoms with Crippen LogP contribution in [0.5, 0.6) is 0 Å². The van der Waals surface area contributed by atoms with Crippen LogP contribution in [0.4, 0.5) is 0 Å². The number of carbonyl (C=O) groups is 1. The minimum Gasteiger partial charge on any atom is -0.464 e. The van der Waals surface area contributed by atoms with Crippen molar-refractivity contribution in [1.82, 2.24) is 4.57 Å². The van der Waals surface area contributed by atoms with Crippen molar-refractivity contribution in [2.24, 2.45) is 0 Å². The summed E-state index contributed by atoms with van der Waals surface area (Å²) in [5, 5.41) is 9.29. The number of aromatic nitrogens is 1. The molecule has 114 valence electrons. The van der Waals surface area contributed by atoms with Gasteiger partial charge in [-0.05, 0) is 43.3 Å². The molecule has 0 spiro atoms. The molecule has 0 aliphatic heterocycles. The lowest BCUT2D eigenvalue weighted by molar-refractivity contribution is 0.0526. The normalized spacial score (nSPS) is 10.3. The van der Waals surface area contributed by atoms with Crippen LogP contribution in [0.2, 0.25) is 0 Å². The summed E-state index contributed by atoms with van der Waals surface area (Å²) < 4.78 is 12.1. The molecule has 0 unspecified atom stereocenters. The number of nitrogens with zero attached hydrogens (tertiary/aromatic N) is 2. The van der Waals surface area contributed by atoms with Gasteiger partial charge in [0.1, 0.15) is 11.8 Å². The molecule has 3 aromatic rings. The van der Waals surface area contributed by atoms with Crippen molar-refractivity contribution in [3.05, 3.63) is 66.2 Å². The summed E-state index contributed by atoms with van der Waals surface area (Å²) in [6, 6.07) is 12.8. The first-order valence-electron chi connectivity index (χ1n) is 7.16. The molecule has 3 rings (SSSR count). The van der Waals surface area contributed by atoms with Crippen LogP contribution in [0.3, 0.4) is 0 Å². The highest BCUT2D eigenvalue weighted by molar-refractivity contribution is 5.89. The van der Waals surface area contributed by atoms with Gasteiger partial charge in [-0.1, -0.05) is 0 Å². The number of nitriles is 1. The molecule has 1 aromatic carbocycles. The van der Waals surface area contributed by atoms with E-state index >= 15 is 0 Å². The Kier molecular flexibility index (Phi) is 3.98. The van der Waals surface area contributed by atoms with Crippen LogP contribution in [0.15, 0.2) is 59.5 Å². The van der Waals surface area contributed by atoms with Crippen molar-refractivity contribution >= 4 is 5.97 Å². The summed E-state index contributed by atoms with van der Waals surface area (Å²) >= 11 is 0. The van der Waals surface area contributed by atoms with E-state index < -0.39 is 0 Å². The Morgan fingerprint density at radius 1 is 1.26 bits per heavy atom. The standard InChI is InChI=1S/C18H14N2O3/c1-2-22-18(21)13-5-7-15(8-6-13)20-11-14(10-19)16(12-20)17-4-3-9-23-17/h3-9,11-12H,2H2,1H3. The molecule has 0 radical (unpaired) electrons. The van der Waals surface area contributed by atoms with Crippen LogP contribution < -0.4 is 0 Å². The maximum atomic E-state index is 11.7. The van der Waals surface area contributed by atoms with E-state index in [1.807, 2.05) is 16.8 Å². The van der Waals surface area contributed by atoms with Crippen LogP contribution in [0, 0.1) is 11.3 Å². The third kappa shape index (κ3) is 2.87. The Hall–Kier alpha value is -3.26. The van der Waals surface area contributed by atoms with Crippen molar-refractivity contribution in [3.63, 3.8) is 0 Å². The third-order valence-corrected chi connectivity index (χ3v) is 3.41. The fourth-order valence-corrected chi connectivity index (χ4v) is 2.30. The maximum absolute atomic E-state index is 11.7. The molecule has 0 amide bonds. The molecule has 23 heavy (non-hydrogen) atoms. The SMILES string of the molecule is CCOC(=O)c1ccc(-n2cc(C#N)c(-c3ccco3)c2)cc1. The molecule has 0 aliphatic carbocycles. The van der Waals surface area contributed by atoms with Gasteiger partial charge in [-0.15, -0.1) is 0 Å². The Morgan fingerprint density at radius 3 is 2.65 bits per heavy atom. The van der Waals surface area contributed by atoms with E-state index in [9.17, 15) is 10.1 Å². The average Bonchev–Trinajstić information content (AvgIpc) is 3.24. The molecule has 5 nitrogen and oxygen atoms in total. The highest BCUT2D eigenvalue weighted by atomic mass is 16.5. The van der Waals surface area contributed by atoms with Gasteiger partial charge in [0.25, 0.3) is 0 Å². The van der Waals surface area contributed by atoms with Crippen LogP contribution >= 0.6 is 0 Å². The number of ether oxygens (including phenoxy) is 1. The molecule has 0 saturated carbocycles. The molecule has 0 N–H and O–H groups in total. The second-order valence-electron chi connectivity index (χ2n) is 4.85. The number of esters is 1. The summed E-state index contributed by atoms with van der Waals surface area (Å²) in [5.41, 5.74) is 2.59. The second kappa shape index (κ2) is 6.24. The topological polar surface area (TPSA) is 68.2 Å². The minimum absolute atomic E-state index is 0.343. The summed E-state index contributed by atoms with van der Waals surface area (Å²) in [6.07, 6.45) is 5.13. The molecular weight excluding hydrogens is 292 g/mol. The van der Waals surface area contributed by atoms with E-state index in [0.717, 1.165) is 11.3 Å².